The van der Waals surface area contributed by atoms with Crippen LogP contribution in [0.2, 0.25) is 0 Å². The fourth-order valence-electron chi connectivity index (χ4n) is 2.77. The minimum absolute atomic E-state index is 0.0309. The molecular weight excluding hydrogens is 308 g/mol. The second-order valence-electron chi connectivity index (χ2n) is 6.98. The number of H-pyrrole nitrogens is 1. The third-order valence-electron chi connectivity index (χ3n) is 3.81. The monoisotopic (exact) mass is 330 g/mol. The van der Waals surface area contributed by atoms with E-state index in [2.05, 4.69) is 15.3 Å². The molecule has 0 bridgehead atoms. The van der Waals surface area contributed by atoms with E-state index in [1.165, 1.54) is 0 Å². The highest BCUT2D eigenvalue weighted by molar-refractivity contribution is 5.78. The van der Waals surface area contributed by atoms with Crippen LogP contribution in [0.25, 0.3) is 10.9 Å². The molecule has 0 aliphatic carbocycles. The van der Waals surface area contributed by atoms with E-state index < -0.39 is 11.7 Å². The molecule has 0 unspecified atom stereocenters. The maximum atomic E-state index is 12.2. The number of carbonyl (C=O) groups excluding carboxylic acids is 1. The molecule has 7 nitrogen and oxygen atoms in total. The Kier molecular flexibility index (Phi) is 4.17. The van der Waals surface area contributed by atoms with Crippen LogP contribution < -0.4 is 15.8 Å². The van der Waals surface area contributed by atoms with Gasteiger partial charge < -0.3 is 15.0 Å². The maximum Gasteiger partial charge on any atom is 0.407 e. The number of para-hydroxylation sites is 1. The predicted octanol–water partition coefficient (Wildman–Crippen LogP) is 2.03. The molecule has 24 heavy (non-hydrogen) atoms. The Hall–Kier alpha value is -2.57. The number of amides is 1. The second-order valence-corrected chi connectivity index (χ2v) is 6.98. The quantitative estimate of drug-likeness (QED) is 0.880. The molecule has 0 spiro atoms. The number of nitrogens with zero attached hydrogens (tertiary/aromatic N) is 2. The molecule has 0 radical (unpaired) electrons. The number of carbonyl (C=O) groups is 1. The van der Waals surface area contributed by atoms with Crippen LogP contribution in [0.4, 0.5) is 10.7 Å². The molecule has 2 aromatic rings. The van der Waals surface area contributed by atoms with Gasteiger partial charge in [0.2, 0.25) is 5.95 Å². The van der Waals surface area contributed by atoms with E-state index in [-0.39, 0.29) is 11.6 Å². The van der Waals surface area contributed by atoms with Crippen LogP contribution in [0.1, 0.15) is 27.2 Å². The number of anilines is 1. The molecule has 1 aliphatic rings. The van der Waals surface area contributed by atoms with E-state index in [1.807, 2.05) is 43.9 Å². The molecule has 1 saturated heterocycles. The summed E-state index contributed by atoms with van der Waals surface area (Å²) < 4.78 is 5.28. The Morgan fingerprint density at radius 1 is 1.38 bits per heavy atom. The van der Waals surface area contributed by atoms with Gasteiger partial charge in [0.25, 0.3) is 5.56 Å². The first-order valence-corrected chi connectivity index (χ1v) is 8.05. The summed E-state index contributed by atoms with van der Waals surface area (Å²) in [6, 6.07) is 7.21. The maximum absolute atomic E-state index is 12.2. The lowest BCUT2D eigenvalue weighted by atomic mass is 10.2. The predicted molar refractivity (Wildman–Crippen MR) is 92.4 cm³/mol. The molecule has 2 heterocycles. The number of ether oxygens (including phenoxy) is 1. The van der Waals surface area contributed by atoms with Crippen molar-refractivity contribution in [1.82, 2.24) is 15.3 Å². The summed E-state index contributed by atoms with van der Waals surface area (Å²) in [5, 5.41) is 3.44. The molecule has 3 rings (SSSR count). The van der Waals surface area contributed by atoms with Crippen molar-refractivity contribution in [3.8, 4) is 0 Å². The zero-order valence-corrected chi connectivity index (χ0v) is 14.1. The molecule has 128 valence electrons. The Balaban J connectivity index is 1.70. The topological polar surface area (TPSA) is 87.3 Å². The van der Waals surface area contributed by atoms with Crippen LogP contribution in [0.5, 0.6) is 0 Å². The third-order valence-corrected chi connectivity index (χ3v) is 3.81. The summed E-state index contributed by atoms with van der Waals surface area (Å²) in [5.74, 6) is 0.534. The molecule has 1 fully saturated rings. The number of fused-ring (bicyclic) bond motifs is 1. The standard InChI is InChI=1S/C17H22N4O3/c1-17(2,3)24-16(23)18-11-8-9-21(10-11)15-19-13-7-5-4-6-12(13)14(22)20-15/h4-7,11H,8-10H2,1-3H3,(H,18,23)(H,19,20,22)/t11-/m0/s1. The van der Waals surface area contributed by atoms with E-state index in [0.29, 0.717) is 29.9 Å². The number of hydrogen-bond donors (Lipinski definition) is 2. The average molecular weight is 330 g/mol. The summed E-state index contributed by atoms with van der Waals surface area (Å²) in [5.41, 5.74) is -0.00741. The first-order valence-electron chi connectivity index (χ1n) is 8.05. The van der Waals surface area contributed by atoms with Gasteiger partial charge >= 0.3 is 6.09 Å². The summed E-state index contributed by atoms with van der Waals surface area (Å²) in [7, 11) is 0. The van der Waals surface area contributed by atoms with E-state index in [9.17, 15) is 9.59 Å². The van der Waals surface area contributed by atoms with Crippen molar-refractivity contribution in [2.24, 2.45) is 0 Å². The lowest BCUT2D eigenvalue weighted by Gasteiger charge is -2.22. The Labute approximate surface area is 140 Å². The van der Waals surface area contributed by atoms with Gasteiger partial charge in [-0.25, -0.2) is 9.78 Å². The van der Waals surface area contributed by atoms with Gasteiger partial charge in [-0.3, -0.25) is 9.78 Å². The fourth-order valence-corrected chi connectivity index (χ4v) is 2.77. The first-order chi connectivity index (χ1) is 11.3. The number of rotatable bonds is 2. The van der Waals surface area contributed by atoms with Crippen LogP contribution in [-0.2, 0) is 4.74 Å². The highest BCUT2D eigenvalue weighted by Gasteiger charge is 2.27. The summed E-state index contributed by atoms with van der Waals surface area (Å²) >= 11 is 0. The Morgan fingerprint density at radius 3 is 2.88 bits per heavy atom. The minimum Gasteiger partial charge on any atom is -0.444 e. The molecule has 2 N–H and O–H groups in total. The lowest BCUT2D eigenvalue weighted by Crippen LogP contribution is -2.40. The van der Waals surface area contributed by atoms with Crippen molar-refractivity contribution in [2.75, 3.05) is 18.0 Å². The van der Waals surface area contributed by atoms with Gasteiger partial charge in [0.15, 0.2) is 0 Å². The number of alkyl carbamates (subject to hydrolysis) is 1. The van der Waals surface area contributed by atoms with Gasteiger partial charge in [0.05, 0.1) is 16.9 Å². The van der Waals surface area contributed by atoms with E-state index in [4.69, 9.17) is 4.74 Å². The second kappa shape index (κ2) is 6.14. The third kappa shape index (κ3) is 3.67. The van der Waals surface area contributed by atoms with Crippen LogP contribution in [0.15, 0.2) is 29.1 Å². The zero-order chi connectivity index (χ0) is 17.3. The van der Waals surface area contributed by atoms with Gasteiger partial charge in [0, 0.05) is 13.1 Å². The Bertz CT molecular complexity index is 809. The van der Waals surface area contributed by atoms with Gasteiger partial charge in [-0.15, -0.1) is 0 Å². The summed E-state index contributed by atoms with van der Waals surface area (Å²) in [6.07, 6.45) is 0.352. The van der Waals surface area contributed by atoms with Crippen molar-refractivity contribution in [3.05, 3.63) is 34.6 Å². The number of aromatic amines is 1. The number of aromatic nitrogens is 2. The number of hydrogen-bond acceptors (Lipinski definition) is 5. The van der Waals surface area contributed by atoms with Crippen molar-refractivity contribution < 1.29 is 9.53 Å². The van der Waals surface area contributed by atoms with Crippen LogP contribution in [0.3, 0.4) is 0 Å². The highest BCUT2D eigenvalue weighted by Crippen LogP contribution is 2.18. The zero-order valence-electron chi connectivity index (χ0n) is 14.1. The molecule has 1 amide bonds. The first kappa shape index (κ1) is 16.3. The fraction of sp³-hybridized carbons (Fsp3) is 0.471. The molecular formula is C17H22N4O3. The lowest BCUT2D eigenvalue weighted by molar-refractivity contribution is 0.0509. The van der Waals surface area contributed by atoms with Gasteiger partial charge in [-0.1, -0.05) is 12.1 Å². The molecule has 1 aromatic heterocycles. The van der Waals surface area contributed by atoms with Crippen LogP contribution in [-0.4, -0.2) is 40.8 Å². The molecule has 0 saturated carbocycles. The molecule has 1 aliphatic heterocycles. The van der Waals surface area contributed by atoms with E-state index >= 15 is 0 Å². The largest absolute Gasteiger partial charge is 0.444 e. The van der Waals surface area contributed by atoms with Gasteiger partial charge in [-0.05, 0) is 39.3 Å². The van der Waals surface area contributed by atoms with E-state index in [1.54, 1.807) is 6.07 Å². The van der Waals surface area contributed by atoms with Crippen LogP contribution in [0, 0.1) is 0 Å². The van der Waals surface area contributed by atoms with Crippen molar-refractivity contribution in [3.63, 3.8) is 0 Å². The average Bonchev–Trinajstić information content (AvgIpc) is 2.93. The van der Waals surface area contributed by atoms with Crippen molar-refractivity contribution >= 4 is 22.9 Å². The summed E-state index contributed by atoms with van der Waals surface area (Å²) in [6.45, 7) is 6.79. The van der Waals surface area contributed by atoms with Gasteiger partial charge in [-0.2, -0.15) is 0 Å². The van der Waals surface area contributed by atoms with Gasteiger partial charge in [0.1, 0.15) is 5.60 Å². The summed E-state index contributed by atoms with van der Waals surface area (Å²) in [4.78, 5) is 33.3. The highest BCUT2D eigenvalue weighted by atomic mass is 16.6. The number of benzene rings is 1. The van der Waals surface area contributed by atoms with E-state index in [0.717, 1.165) is 6.42 Å². The molecule has 1 atom stereocenters. The molecule has 1 aromatic carbocycles. The van der Waals surface area contributed by atoms with Crippen molar-refractivity contribution in [1.29, 1.82) is 0 Å². The minimum atomic E-state index is -0.520. The normalized spacial score (nSPS) is 18.0. The molecule has 7 heteroatoms. The van der Waals surface area contributed by atoms with Crippen LogP contribution >= 0.6 is 0 Å². The number of nitrogens with one attached hydrogen (secondary N) is 2. The van der Waals surface area contributed by atoms with Crippen molar-refractivity contribution in [2.45, 2.75) is 38.8 Å². The smallest absolute Gasteiger partial charge is 0.407 e. The Morgan fingerprint density at radius 2 is 2.12 bits per heavy atom. The SMILES string of the molecule is CC(C)(C)OC(=O)N[C@H]1CCN(c2nc3ccccc3c(=O)[nH]2)C1.